The van der Waals surface area contributed by atoms with Gasteiger partial charge in [-0.05, 0) is 12.1 Å². The van der Waals surface area contributed by atoms with Gasteiger partial charge < -0.3 is 20.3 Å². The van der Waals surface area contributed by atoms with E-state index >= 15 is 0 Å². The average Bonchev–Trinajstić information content (AvgIpc) is 3.32. The lowest BCUT2D eigenvalue weighted by atomic mass is 9.93. The summed E-state index contributed by atoms with van der Waals surface area (Å²) < 4.78 is 69.4. The Morgan fingerprint density at radius 3 is 2.08 bits per heavy atom. The number of amides is 1. The highest BCUT2D eigenvalue weighted by molar-refractivity contribution is 5.77. The maximum atomic E-state index is 11.7. The first-order valence-corrected chi connectivity index (χ1v) is 10.6. The van der Waals surface area contributed by atoms with Gasteiger partial charge in [-0.2, -0.15) is 26.3 Å². The van der Waals surface area contributed by atoms with Crippen molar-refractivity contribution in [1.29, 1.82) is 0 Å². The van der Waals surface area contributed by atoms with Crippen molar-refractivity contribution in [3.8, 4) is 0 Å². The molecule has 1 aromatic heterocycles. The molecule has 15 heteroatoms. The molecule has 1 aromatic rings. The van der Waals surface area contributed by atoms with Crippen molar-refractivity contribution >= 4 is 17.8 Å². The van der Waals surface area contributed by atoms with Gasteiger partial charge in [0.25, 0.3) is 0 Å². The molecule has 9 nitrogen and oxygen atoms in total. The van der Waals surface area contributed by atoms with Gasteiger partial charge in [-0.1, -0.05) is 19.9 Å². The summed E-state index contributed by atoms with van der Waals surface area (Å²) in [4.78, 5) is 36.3. The largest absolute Gasteiger partial charge is 0.490 e. The van der Waals surface area contributed by atoms with Crippen molar-refractivity contribution in [2.24, 2.45) is 17.8 Å². The third-order valence-electron chi connectivity index (χ3n) is 5.17. The van der Waals surface area contributed by atoms with Crippen LogP contribution in [0, 0.1) is 17.8 Å². The molecule has 0 spiro atoms. The second-order valence-corrected chi connectivity index (χ2v) is 8.32. The standard InChI is InChI=1S/C17H25N3O2.2C2HF3O2/c1-12(2)17(21)19-7-13-11-22-16-10-20(9-15(13)16)8-14-5-3-4-6-18-14;2*3-2(4,5)1(6)7/h3-6,12-13,15-16H,7-11H2,1-2H3,(H,19,21);2*(H,6,7)/t13-,15+,16+;;/m0../s1. The third kappa shape index (κ3) is 10.8. The fraction of sp³-hybridized carbons (Fsp3) is 0.619. The van der Waals surface area contributed by atoms with Gasteiger partial charge in [0.15, 0.2) is 0 Å². The quantitative estimate of drug-likeness (QED) is 0.495. The minimum Gasteiger partial charge on any atom is -0.475 e. The van der Waals surface area contributed by atoms with E-state index in [0.29, 0.717) is 17.9 Å². The number of carbonyl (C=O) groups excluding carboxylic acids is 1. The van der Waals surface area contributed by atoms with Crippen molar-refractivity contribution in [3.05, 3.63) is 30.1 Å². The number of carboxylic acid groups (broad SMARTS) is 2. The summed E-state index contributed by atoms with van der Waals surface area (Å²) in [5, 5.41) is 17.3. The van der Waals surface area contributed by atoms with Crippen LogP contribution in [0.15, 0.2) is 24.4 Å². The highest BCUT2D eigenvalue weighted by Gasteiger charge is 2.43. The molecule has 3 N–H and O–H groups in total. The van der Waals surface area contributed by atoms with Crippen molar-refractivity contribution in [3.63, 3.8) is 0 Å². The van der Waals surface area contributed by atoms with E-state index in [1.807, 2.05) is 32.2 Å². The molecule has 0 bridgehead atoms. The highest BCUT2D eigenvalue weighted by Crippen LogP contribution is 2.33. The van der Waals surface area contributed by atoms with Crippen LogP contribution < -0.4 is 5.32 Å². The number of fused-ring (bicyclic) bond motifs is 1. The maximum Gasteiger partial charge on any atom is 0.490 e. The minimum absolute atomic E-state index is 0.0438. The number of aromatic nitrogens is 1. The lowest BCUT2D eigenvalue weighted by Crippen LogP contribution is -2.36. The predicted octanol–water partition coefficient (Wildman–Crippen LogP) is 2.57. The highest BCUT2D eigenvalue weighted by atomic mass is 19.4. The molecule has 2 saturated heterocycles. The second-order valence-electron chi connectivity index (χ2n) is 8.32. The summed E-state index contributed by atoms with van der Waals surface area (Å²) in [6.45, 7) is 8.23. The lowest BCUT2D eigenvalue weighted by Gasteiger charge is -2.20. The Morgan fingerprint density at radius 1 is 1.08 bits per heavy atom. The molecule has 2 fully saturated rings. The van der Waals surface area contributed by atoms with Crippen LogP contribution in [0.3, 0.4) is 0 Å². The summed E-state index contributed by atoms with van der Waals surface area (Å²) in [5.41, 5.74) is 1.10. The molecular weight excluding hydrogens is 504 g/mol. The SMILES string of the molecule is CC(C)C(=O)NC[C@H]1CO[C@@H]2CN(Cc3ccccn3)C[C@H]12.O=C(O)C(F)(F)F.O=C(O)C(F)(F)F. The fourth-order valence-corrected chi connectivity index (χ4v) is 3.38. The molecule has 36 heavy (non-hydrogen) atoms. The summed E-state index contributed by atoms with van der Waals surface area (Å²) in [6.07, 6.45) is -8.02. The Balaban J connectivity index is 0.000000383. The number of alkyl halides is 6. The van der Waals surface area contributed by atoms with Crippen molar-refractivity contribution in [2.75, 3.05) is 26.2 Å². The van der Waals surface area contributed by atoms with Crippen molar-refractivity contribution < 1.29 is 55.7 Å². The number of pyridine rings is 1. The van der Waals surface area contributed by atoms with Crippen LogP contribution in [0.25, 0.3) is 0 Å². The Bertz CT molecular complexity index is 842. The number of nitrogens with one attached hydrogen (secondary N) is 1. The zero-order chi connectivity index (χ0) is 27.7. The van der Waals surface area contributed by atoms with E-state index in [1.165, 1.54) is 0 Å². The van der Waals surface area contributed by atoms with Gasteiger partial charge in [0.2, 0.25) is 5.91 Å². The number of likely N-dealkylation sites (tertiary alicyclic amines) is 1. The molecule has 0 aliphatic carbocycles. The van der Waals surface area contributed by atoms with Crippen LogP contribution in [-0.2, 0) is 25.7 Å². The van der Waals surface area contributed by atoms with Gasteiger partial charge in [0, 0.05) is 50.1 Å². The number of carbonyl (C=O) groups is 3. The van der Waals surface area contributed by atoms with Crippen LogP contribution in [-0.4, -0.2) is 82.6 Å². The normalized spacial score (nSPS) is 21.5. The maximum absolute atomic E-state index is 11.7. The van der Waals surface area contributed by atoms with E-state index in [-0.39, 0.29) is 11.8 Å². The van der Waals surface area contributed by atoms with Gasteiger partial charge in [-0.15, -0.1) is 0 Å². The Morgan fingerprint density at radius 2 is 1.64 bits per heavy atom. The molecule has 3 atom stereocenters. The molecule has 2 aliphatic rings. The second kappa shape index (κ2) is 13.4. The van der Waals surface area contributed by atoms with E-state index < -0.39 is 24.3 Å². The molecular formula is C21H27F6N3O6. The third-order valence-corrected chi connectivity index (χ3v) is 5.17. The number of carboxylic acids is 2. The van der Waals surface area contributed by atoms with Crippen LogP contribution >= 0.6 is 0 Å². The molecule has 0 unspecified atom stereocenters. The van der Waals surface area contributed by atoms with E-state index in [0.717, 1.165) is 38.5 Å². The summed E-state index contributed by atoms with van der Waals surface area (Å²) in [6, 6.07) is 6.04. The Kier molecular flexibility index (Phi) is 11.6. The Hall–Kier alpha value is -2.94. The average molecular weight is 531 g/mol. The number of halogens is 6. The number of hydrogen-bond donors (Lipinski definition) is 3. The number of aliphatic carboxylic acids is 2. The molecule has 3 rings (SSSR count). The van der Waals surface area contributed by atoms with Crippen LogP contribution in [0.5, 0.6) is 0 Å². The zero-order valence-electron chi connectivity index (χ0n) is 19.3. The van der Waals surface area contributed by atoms with Gasteiger partial charge in [0.05, 0.1) is 18.4 Å². The monoisotopic (exact) mass is 531 g/mol. The van der Waals surface area contributed by atoms with Crippen LogP contribution in [0.2, 0.25) is 0 Å². The van der Waals surface area contributed by atoms with Gasteiger partial charge >= 0.3 is 24.3 Å². The van der Waals surface area contributed by atoms with Crippen LogP contribution in [0.4, 0.5) is 26.3 Å². The molecule has 2 aliphatic heterocycles. The van der Waals surface area contributed by atoms with Gasteiger partial charge in [-0.25, -0.2) is 9.59 Å². The first kappa shape index (κ1) is 31.1. The van der Waals surface area contributed by atoms with Crippen molar-refractivity contribution in [1.82, 2.24) is 15.2 Å². The fourth-order valence-electron chi connectivity index (χ4n) is 3.38. The van der Waals surface area contributed by atoms with E-state index in [9.17, 15) is 31.1 Å². The van der Waals surface area contributed by atoms with Crippen LogP contribution in [0.1, 0.15) is 19.5 Å². The minimum atomic E-state index is -5.08. The number of ether oxygens (including phenoxy) is 1. The van der Waals surface area contributed by atoms with E-state index in [4.69, 9.17) is 24.5 Å². The smallest absolute Gasteiger partial charge is 0.475 e. The van der Waals surface area contributed by atoms with Gasteiger partial charge in [0.1, 0.15) is 0 Å². The summed E-state index contributed by atoms with van der Waals surface area (Å²) in [5.74, 6) is -4.38. The Labute approximate surface area is 202 Å². The number of nitrogens with zero attached hydrogens (tertiary/aromatic N) is 2. The van der Waals surface area contributed by atoms with Gasteiger partial charge in [-0.3, -0.25) is 14.7 Å². The topological polar surface area (TPSA) is 129 Å². The predicted molar refractivity (Wildman–Crippen MR) is 111 cm³/mol. The lowest BCUT2D eigenvalue weighted by molar-refractivity contribution is -0.193. The molecule has 204 valence electrons. The van der Waals surface area contributed by atoms with E-state index in [1.54, 1.807) is 0 Å². The molecule has 1 amide bonds. The summed E-state index contributed by atoms with van der Waals surface area (Å²) >= 11 is 0. The van der Waals surface area contributed by atoms with Crippen molar-refractivity contribution in [2.45, 2.75) is 38.8 Å². The molecule has 0 saturated carbocycles. The zero-order valence-corrected chi connectivity index (χ0v) is 19.3. The first-order chi connectivity index (χ1) is 16.5. The number of rotatable bonds is 5. The van der Waals surface area contributed by atoms with E-state index in [2.05, 4.69) is 21.3 Å². The number of hydrogen-bond acceptors (Lipinski definition) is 6. The first-order valence-electron chi connectivity index (χ1n) is 10.6. The summed E-state index contributed by atoms with van der Waals surface area (Å²) in [7, 11) is 0. The molecule has 0 radical (unpaired) electrons. The molecule has 0 aromatic carbocycles. The molecule has 3 heterocycles.